The normalized spacial score (nSPS) is 10.7. The predicted octanol–water partition coefficient (Wildman–Crippen LogP) is 3.27. The largest absolute Gasteiger partial charge is 0.345 e. The number of anilines is 1. The number of rotatable bonds is 4. The van der Waals surface area contributed by atoms with Gasteiger partial charge in [-0.2, -0.15) is 0 Å². The molecule has 0 spiro atoms. The summed E-state index contributed by atoms with van der Waals surface area (Å²) in [5.41, 5.74) is 4.14. The maximum atomic E-state index is 11.4. The summed E-state index contributed by atoms with van der Waals surface area (Å²) in [5.74, 6) is -0.286. The van der Waals surface area contributed by atoms with E-state index in [-0.39, 0.29) is 5.91 Å². The number of nitrogens with zero attached hydrogens (tertiary/aromatic N) is 4. The standard InChI is InChI=1S/C17H12N6OS/c1-2-15(24)23-17-22-14(8-25-17)10-5-11-12(7-20-16(11)19-6-10)13-3-4-18-9-21-13/h2-9H,1H2,(H,19,20)(H,22,23,24). The third-order valence-corrected chi connectivity index (χ3v) is 4.36. The minimum atomic E-state index is -0.286. The number of thiazole rings is 1. The van der Waals surface area contributed by atoms with Crippen molar-refractivity contribution in [3.63, 3.8) is 0 Å². The van der Waals surface area contributed by atoms with Crippen LogP contribution < -0.4 is 5.32 Å². The van der Waals surface area contributed by atoms with Crippen molar-refractivity contribution in [2.24, 2.45) is 0 Å². The number of amides is 1. The molecule has 8 heteroatoms. The summed E-state index contributed by atoms with van der Waals surface area (Å²) in [6.07, 6.45) is 8.05. The number of fused-ring (bicyclic) bond motifs is 1. The lowest BCUT2D eigenvalue weighted by atomic mass is 10.1. The molecule has 0 aliphatic rings. The van der Waals surface area contributed by atoms with Gasteiger partial charge in [0, 0.05) is 40.5 Å². The van der Waals surface area contributed by atoms with Gasteiger partial charge < -0.3 is 4.98 Å². The second-order valence-electron chi connectivity index (χ2n) is 5.15. The van der Waals surface area contributed by atoms with Crippen LogP contribution in [0.3, 0.4) is 0 Å². The van der Waals surface area contributed by atoms with E-state index in [1.807, 2.05) is 23.7 Å². The molecular formula is C17H12N6OS. The molecule has 4 aromatic rings. The Morgan fingerprint density at radius 1 is 1.32 bits per heavy atom. The summed E-state index contributed by atoms with van der Waals surface area (Å²) in [6.45, 7) is 3.43. The maximum Gasteiger partial charge on any atom is 0.249 e. The van der Waals surface area contributed by atoms with Crippen LogP contribution in [-0.4, -0.2) is 30.8 Å². The highest BCUT2D eigenvalue weighted by atomic mass is 32.1. The molecule has 4 rings (SSSR count). The van der Waals surface area contributed by atoms with Gasteiger partial charge >= 0.3 is 0 Å². The molecule has 0 aromatic carbocycles. The summed E-state index contributed by atoms with van der Waals surface area (Å²) >= 11 is 1.35. The molecule has 0 atom stereocenters. The Labute approximate surface area is 146 Å². The second-order valence-corrected chi connectivity index (χ2v) is 6.01. The number of carbonyl (C=O) groups excluding carboxylic acids is 1. The van der Waals surface area contributed by atoms with Crippen molar-refractivity contribution < 1.29 is 4.79 Å². The van der Waals surface area contributed by atoms with Crippen LogP contribution in [0.4, 0.5) is 5.13 Å². The van der Waals surface area contributed by atoms with Gasteiger partial charge in [-0.1, -0.05) is 6.58 Å². The Hall–Kier alpha value is -3.39. The molecule has 4 aromatic heterocycles. The van der Waals surface area contributed by atoms with Crippen molar-refractivity contribution in [2.75, 3.05) is 5.32 Å². The van der Waals surface area contributed by atoms with Crippen LogP contribution in [0, 0.1) is 0 Å². The molecule has 0 bridgehead atoms. The highest BCUT2D eigenvalue weighted by Gasteiger charge is 2.12. The fraction of sp³-hybridized carbons (Fsp3) is 0. The molecule has 122 valence electrons. The van der Waals surface area contributed by atoms with Crippen LogP contribution in [-0.2, 0) is 4.79 Å². The van der Waals surface area contributed by atoms with E-state index in [1.54, 1.807) is 12.4 Å². The lowest BCUT2D eigenvalue weighted by molar-refractivity contribution is -0.111. The number of aromatic nitrogens is 5. The Balaban J connectivity index is 1.74. The Bertz CT molecular complexity index is 1070. The molecule has 0 aliphatic heterocycles. The number of carbonyl (C=O) groups is 1. The van der Waals surface area contributed by atoms with E-state index in [4.69, 9.17) is 0 Å². The number of nitrogens with one attached hydrogen (secondary N) is 2. The first-order chi connectivity index (χ1) is 12.2. The molecule has 2 N–H and O–H groups in total. The van der Waals surface area contributed by atoms with E-state index >= 15 is 0 Å². The predicted molar refractivity (Wildman–Crippen MR) is 97.1 cm³/mol. The summed E-state index contributed by atoms with van der Waals surface area (Å²) in [7, 11) is 0. The molecule has 0 radical (unpaired) electrons. The third kappa shape index (κ3) is 2.90. The summed E-state index contributed by atoms with van der Waals surface area (Å²) in [4.78, 5) is 31.6. The smallest absolute Gasteiger partial charge is 0.249 e. The molecular weight excluding hydrogens is 336 g/mol. The van der Waals surface area contributed by atoms with Gasteiger partial charge in [0.2, 0.25) is 5.91 Å². The average molecular weight is 348 g/mol. The van der Waals surface area contributed by atoms with Crippen molar-refractivity contribution in [2.45, 2.75) is 0 Å². The first-order valence-electron chi connectivity index (χ1n) is 7.37. The lowest BCUT2D eigenvalue weighted by Gasteiger charge is -2.00. The van der Waals surface area contributed by atoms with Gasteiger partial charge in [0.1, 0.15) is 12.0 Å². The van der Waals surface area contributed by atoms with Gasteiger partial charge in [0.25, 0.3) is 0 Å². The molecule has 0 saturated heterocycles. The lowest BCUT2D eigenvalue weighted by Crippen LogP contribution is -2.06. The zero-order valence-corrected chi connectivity index (χ0v) is 13.7. The van der Waals surface area contributed by atoms with Crippen LogP contribution in [0.5, 0.6) is 0 Å². The van der Waals surface area contributed by atoms with Gasteiger partial charge in [0.05, 0.1) is 11.4 Å². The molecule has 1 amide bonds. The number of pyridine rings is 1. The summed E-state index contributed by atoms with van der Waals surface area (Å²) in [6, 6.07) is 3.85. The molecule has 25 heavy (non-hydrogen) atoms. The van der Waals surface area contributed by atoms with Crippen molar-refractivity contribution in [1.29, 1.82) is 0 Å². The van der Waals surface area contributed by atoms with E-state index in [9.17, 15) is 4.79 Å². The van der Waals surface area contributed by atoms with Crippen molar-refractivity contribution in [3.05, 3.63) is 55.1 Å². The van der Waals surface area contributed by atoms with Crippen molar-refractivity contribution in [3.8, 4) is 22.5 Å². The van der Waals surface area contributed by atoms with Crippen LogP contribution in [0.25, 0.3) is 33.5 Å². The SMILES string of the molecule is C=CC(=O)Nc1nc(-c2cnc3[nH]cc(-c4ccncn4)c3c2)cs1. The van der Waals surface area contributed by atoms with Crippen molar-refractivity contribution in [1.82, 2.24) is 24.9 Å². The van der Waals surface area contributed by atoms with Crippen LogP contribution in [0.1, 0.15) is 0 Å². The third-order valence-electron chi connectivity index (χ3n) is 3.60. The minimum absolute atomic E-state index is 0.286. The maximum absolute atomic E-state index is 11.4. The summed E-state index contributed by atoms with van der Waals surface area (Å²) < 4.78 is 0. The second kappa shape index (κ2) is 6.25. The Morgan fingerprint density at radius 2 is 2.24 bits per heavy atom. The zero-order valence-electron chi connectivity index (χ0n) is 12.9. The topological polar surface area (TPSA) is 96.5 Å². The van der Waals surface area contributed by atoms with Gasteiger partial charge in [0.15, 0.2) is 5.13 Å². The number of hydrogen-bond donors (Lipinski definition) is 2. The van der Waals surface area contributed by atoms with Crippen LogP contribution >= 0.6 is 11.3 Å². The number of H-pyrrole nitrogens is 1. The van der Waals surface area contributed by atoms with E-state index in [0.717, 1.165) is 33.5 Å². The number of aromatic amines is 1. The molecule has 0 aliphatic carbocycles. The fourth-order valence-electron chi connectivity index (χ4n) is 2.43. The van der Waals surface area contributed by atoms with Crippen LogP contribution in [0.2, 0.25) is 0 Å². The van der Waals surface area contributed by atoms with Crippen LogP contribution in [0.15, 0.2) is 55.1 Å². The highest BCUT2D eigenvalue weighted by Crippen LogP contribution is 2.31. The average Bonchev–Trinajstić information content (AvgIpc) is 3.28. The van der Waals surface area contributed by atoms with E-state index in [0.29, 0.717) is 5.13 Å². The monoisotopic (exact) mass is 348 g/mol. The van der Waals surface area contributed by atoms with E-state index in [1.165, 1.54) is 23.7 Å². The molecule has 0 fully saturated rings. The molecule has 0 saturated carbocycles. The van der Waals surface area contributed by atoms with Gasteiger partial charge in [-0.15, -0.1) is 11.3 Å². The molecule has 0 unspecified atom stereocenters. The van der Waals surface area contributed by atoms with E-state index < -0.39 is 0 Å². The Morgan fingerprint density at radius 3 is 3.04 bits per heavy atom. The molecule has 4 heterocycles. The highest BCUT2D eigenvalue weighted by molar-refractivity contribution is 7.14. The fourth-order valence-corrected chi connectivity index (χ4v) is 3.15. The van der Waals surface area contributed by atoms with Gasteiger partial charge in [-0.05, 0) is 18.2 Å². The van der Waals surface area contributed by atoms with Crippen molar-refractivity contribution >= 4 is 33.4 Å². The van der Waals surface area contributed by atoms with Gasteiger partial charge in [-0.25, -0.2) is 19.9 Å². The summed E-state index contributed by atoms with van der Waals surface area (Å²) in [5, 5.41) is 6.00. The first-order valence-corrected chi connectivity index (χ1v) is 8.25. The zero-order chi connectivity index (χ0) is 17.2. The Kier molecular flexibility index (Phi) is 3.79. The number of hydrogen-bond acceptors (Lipinski definition) is 6. The quantitative estimate of drug-likeness (QED) is 0.552. The van der Waals surface area contributed by atoms with E-state index in [2.05, 4.69) is 36.8 Å². The van der Waals surface area contributed by atoms with Gasteiger partial charge in [-0.3, -0.25) is 10.1 Å². The minimum Gasteiger partial charge on any atom is -0.345 e. The first kappa shape index (κ1) is 15.2. The molecule has 7 nitrogen and oxygen atoms in total.